The van der Waals surface area contributed by atoms with Gasteiger partial charge in [0.15, 0.2) is 0 Å². The summed E-state index contributed by atoms with van der Waals surface area (Å²) in [7, 11) is -7.81. The van der Waals surface area contributed by atoms with Crippen molar-refractivity contribution in [1.29, 1.82) is 0 Å². The molecule has 0 aromatic carbocycles. The van der Waals surface area contributed by atoms with Crippen molar-refractivity contribution in [2.75, 3.05) is 31.9 Å². The Morgan fingerprint density at radius 2 is 1.50 bits per heavy atom. The molecule has 0 radical (unpaired) electrons. The number of nitrogens with one attached hydrogen (secondary N) is 2. The van der Waals surface area contributed by atoms with Crippen molar-refractivity contribution in [3.63, 3.8) is 0 Å². The first-order chi connectivity index (χ1) is 11.4. The normalized spacial score (nSPS) is 12.7. The highest BCUT2D eigenvalue weighted by atomic mass is 32.1. The Morgan fingerprint density at radius 3 is 1.79 bits per heavy atom. The van der Waals surface area contributed by atoms with Crippen molar-refractivity contribution >= 4 is 27.4 Å². The number of aromatic amines is 1. The van der Waals surface area contributed by atoms with Gasteiger partial charge in [-0.1, -0.05) is 0 Å². The molecule has 0 amide bonds. The molecule has 1 aromatic heterocycles. The van der Waals surface area contributed by atoms with E-state index in [1.807, 2.05) is 0 Å². The summed E-state index contributed by atoms with van der Waals surface area (Å²) in [5.41, 5.74) is 1.33. The largest absolute Gasteiger partial charge is 0.366 e. The van der Waals surface area contributed by atoms with E-state index in [1.54, 1.807) is 27.7 Å². The van der Waals surface area contributed by atoms with Crippen LogP contribution in [0.2, 0.25) is 0 Å². The first-order valence-electron chi connectivity index (χ1n) is 7.52. The number of nitrogens with zero attached hydrogens (tertiary/aromatic N) is 2. The average Bonchev–Trinajstić information content (AvgIpc) is 2.91. The van der Waals surface area contributed by atoms with Crippen LogP contribution >= 0.6 is 27.4 Å². The summed E-state index contributed by atoms with van der Waals surface area (Å²) in [6.07, 6.45) is 1.31. The molecule has 24 heavy (non-hydrogen) atoms. The number of aromatic nitrogens is 3. The summed E-state index contributed by atoms with van der Waals surface area (Å²) < 4.78 is 49.2. The van der Waals surface area contributed by atoms with E-state index in [9.17, 15) is 9.13 Å². The molecule has 0 aliphatic carbocycles. The fourth-order valence-electron chi connectivity index (χ4n) is 1.86. The van der Waals surface area contributed by atoms with Gasteiger partial charge in [0.2, 0.25) is 10.3 Å². The van der Waals surface area contributed by atoms with Gasteiger partial charge in [0.1, 0.15) is 6.33 Å². The quantitative estimate of drug-likeness (QED) is 0.401. The van der Waals surface area contributed by atoms with E-state index in [1.165, 1.54) is 11.0 Å². The maximum absolute atomic E-state index is 13.2. The van der Waals surface area contributed by atoms with E-state index in [4.69, 9.17) is 30.3 Å². The molecule has 0 bridgehead atoms. The molecule has 0 unspecified atom stereocenters. The van der Waals surface area contributed by atoms with Gasteiger partial charge in [0.25, 0.3) is 0 Å². The summed E-state index contributed by atoms with van der Waals surface area (Å²) in [4.78, 5) is 0. The lowest BCUT2D eigenvalue weighted by Gasteiger charge is -2.32. The predicted octanol–water partition coefficient (Wildman–Crippen LogP) is 3.30. The van der Waals surface area contributed by atoms with Crippen LogP contribution in [0, 0.1) is 4.77 Å². The van der Waals surface area contributed by atoms with Gasteiger partial charge >= 0.3 is 15.2 Å². The molecule has 2 N–H and O–H groups in total. The average molecular weight is 402 g/mol. The molecule has 0 saturated carbocycles. The lowest BCUT2D eigenvalue weighted by molar-refractivity contribution is 0.196. The first kappa shape index (κ1) is 21.5. The van der Waals surface area contributed by atoms with E-state index >= 15 is 0 Å². The second-order valence-electron chi connectivity index (χ2n) is 4.29. The first-order valence-corrected chi connectivity index (χ1v) is 11.2. The molecule has 13 heteroatoms. The van der Waals surface area contributed by atoms with Gasteiger partial charge in [0, 0.05) is 0 Å². The summed E-state index contributed by atoms with van der Waals surface area (Å²) >= 11 is 5.05. The smallest absolute Gasteiger partial charge is 0.307 e. The van der Waals surface area contributed by atoms with Crippen LogP contribution in [0.1, 0.15) is 27.7 Å². The lowest BCUT2D eigenvalue weighted by Crippen LogP contribution is -2.31. The van der Waals surface area contributed by atoms with Gasteiger partial charge in [-0.15, -0.1) is 0 Å². The zero-order valence-electron chi connectivity index (χ0n) is 14.1. The van der Waals surface area contributed by atoms with Crippen molar-refractivity contribution in [2.24, 2.45) is 0 Å². The molecule has 1 aromatic rings. The summed E-state index contributed by atoms with van der Waals surface area (Å²) in [5, 5.41) is 6.28. The summed E-state index contributed by atoms with van der Waals surface area (Å²) in [5.74, 6) is 0. The van der Waals surface area contributed by atoms with E-state index in [0.717, 1.165) is 0 Å². The summed E-state index contributed by atoms with van der Waals surface area (Å²) in [6, 6.07) is 0. The maximum atomic E-state index is 13.2. The Hall–Kier alpha value is -0.540. The standard InChI is InChI=1S/C11H24N4O6P2S/c1-5-18-22(16,19-6-2)11(14-15-9-12-13-10(15)24)23(17,20-7-3)21-8-4/h9,11,14H,5-8H2,1-4H3,(H,13,24). The summed E-state index contributed by atoms with van der Waals surface area (Å²) in [6.45, 7) is 6.96. The lowest BCUT2D eigenvalue weighted by atomic mass is 10.9. The third kappa shape index (κ3) is 5.23. The second kappa shape index (κ2) is 9.82. The third-order valence-electron chi connectivity index (χ3n) is 2.64. The Morgan fingerprint density at radius 1 is 1.08 bits per heavy atom. The molecule has 1 rings (SSSR count). The van der Waals surface area contributed by atoms with Gasteiger partial charge in [-0.2, -0.15) is 5.10 Å². The van der Waals surface area contributed by atoms with Crippen molar-refractivity contribution in [2.45, 2.75) is 33.2 Å². The van der Waals surface area contributed by atoms with Crippen LogP contribution in [0.15, 0.2) is 6.33 Å². The van der Waals surface area contributed by atoms with Crippen LogP contribution in [0.25, 0.3) is 0 Å². The minimum absolute atomic E-state index is 0.0878. The molecule has 10 nitrogen and oxygen atoms in total. The number of H-pyrrole nitrogens is 1. The zero-order valence-corrected chi connectivity index (χ0v) is 16.7. The molecule has 0 aliphatic rings. The molecular formula is C11H24N4O6P2S. The molecule has 0 aliphatic heterocycles. The van der Waals surface area contributed by atoms with Gasteiger partial charge in [0.05, 0.1) is 26.4 Å². The van der Waals surface area contributed by atoms with E-state index in [2.05, 4.69) is 15.6 Å². The molecule has 0 spiro atoms. The van der Waals surface area contributed by atoms with Gasteiger partial charge < -0.3 is 18.1 Å². The van der Waals surface area contributed by atoms with Gasteiger partial charge in [-0.05, 0) is 39.9 Å². The minimum Gasteiger partial charge on any atom is -0.307 e. The maximum Gasteiger partial charge on any atom is 0.366 e. The van der Waals surface area contributed by atoms with Crippen LogP contribution in [0.4, 0.5) is 0 Å². The van der Waals surface area contributed by atoms with Crippen LogP contribution < -0.4 is 5.43 Å². The highest BCUT2D eigenvalue weighted by Gasteiger charge is 2.51. The van der Waals surface area contributed by atoms with Crippen molar-refractivity contribution < 1.29 is 27.2 Å². The molecule has 0 saturated heterocycles. The Balaban J connectivity index is 3.37. The van der Waals surface area contributed by atoms with Crippen LogP contribution in [-0.4, -0.2) is 46.8 Å². The molecule has 0 fully saturated rings. The van der Waals surface area contributed by atoms with Crippen LogP contribution in [0.3, 0.4) is 0 Å². The monoisotopic (exact) mass is 402 g/mol. The SMILES string of the molecule is CCOP(=O)(OCC)C(Nn1cn[nH]c1=S)P(=O)(OCC)OCC. The highest BCUT2D eigenvalue weighted by Crippen LogP contribution is 2.69. The highest BCUT2D eigenvalue weighted by molar-refractivity contribution is 7.73. The van der Waals surface area contributed by atoms with E-state index < -0.39 is 20.7 Å². The number of hydrogen-bond donors (Lipinski definition) is 2. The van der Waals surface area contributed by atoms with Gasteiger partial charge in [-0.3, -0.25) is 19.7 Å². The van der Waals surface area contributed by atoms with Gasteiger partial charge in [-0.25, -0.2) is 4.68 Å². The number of hydrogen-bond acceptors (Lipinski definition) is 9. The zero-order chi connectivity index (χ0) is 18.2. The van der Waals surface area contributed by atoms with Crippen molar-refractivity contribution in [1.82, 2.24) is 14.9 Å². The van der Waals surface area contributed by atoms with E-state index in [-0.39, 0.29) is 31.2 Å². The molecule has 140 valence electrons. The minimum atomic E-state index is -3.90. The molecular weight excluding hydrogens is 378 g/mol. The third-order valence-corrected chi connectivity index (χ3v) is 8.53. The number of rotatable bonds is 12. The Labute approximate surface area is 146 Å². The van der Waals surface area contributed by atoms with Crippen LogP contribution in [-0.2, 0) is 27.2 Å². The topological polar surface area (TPSA) is 117 Å². The Kier molecular flexibility index (Phi) is 8.80. The Bertz CT molecular complexity index is 600. The molecule has 0 atom stereocenters. The van der Waals surface area contributed by atoms with Crippen molar-refractivity contribution in [3.05, 3.63) is 11.1 Å². The fourth-order valence-corrected chi connectivity index (χ4v) is 6.88. The fraction of sp³-hybridized carbons (Fsp3) is 0.818. The second-order valence-corrected chi connectivity index (χ2v) is 9.30. The van der Waals surface area contributed by atoms with Crippen LogP contribution in [0.5, 0.6) is 0 Å². The molecule has 1 heterocycles. The van der Waals surface area contributed by atoms with Crippen molar-refractivity contribution in [3.8, 4) is 0 Å². The predicted molar refractivity (Wildman–Crippen MR) is 92.3 cm³/mol. The van der Waals surface area contributed by atoms with E-state index in [0.29, 0.717) is 0 Å².